The molecular formula is C8H7BrN2O. The van der Waals surface area contributed by atoms with Gasteiger partial charge in [-0.15, -0.1) is 0 Å². The molecule has 62 valence electrons. The largest absolute Gasteiger partial charge is 0.392 e. The van der Waals surface area contributed by atoms with Crippen molar-refractivity contribution in [2.45, 2.75) is 6.61 Å². The van der Waals surface area contributed by atoms with E-state index in [0.717, 1.165) is 20.9 Å². The average Bonchev–Trinajstić information content (AvgIpc) is 2.53. The average molecular weight is 227 g/mol. The molecule has 0 radical (unpaired) electrons. The SMILES string of the molecule is OCc1ccc2[nH]ncc2c1Br. The first kappa shape index (κ1) is 7.76. The lowest BCUT2D eigenvalue weighted by Gasteiger charge is -1.99. The van der Waals surface area contributed by atoms with Crippen LogP contribution in [0, 0.1) is 0 Å². The molecule has 1 heterocycles. The van der Waals surface area contributed by atoms with Gasteiger partial charge in [0, 0.05) is 9.86 Å². The number of hydrogen-bond donors (Lipinski definition) is 2. The molecule has 2 aromatic rings. The first-order valence-corrected chi connectivity index (χ1v) is 4.33. The van der Waals surface area contributed by atoms with E-state index >= 15 is 0 Å². The number of benzene rings is 1. The minimum atomic E-state index is 0.0434. The predicted molar refractivity (Wildman–Crippen MR) is 49.7 cm³/mol. The Labute approximate surface area is 77.5 Å². The van der Waals surface area contributed by atoms with Gasteiger partial charge in [-0.2, -0.15) is 5.10 Å². The predicted octanol–water partition coefficient (Wildman–Crippen LogP) is 1.82. The van der Waals surface area contributed by atoms with Crippen LogP contribution in [0.1, 0.15) is 5.56 Å². The summed E-state index contributed by atoms with van der Waals surface area (Å²) in [5, 5.41) is 16.7. The number of fused-ring (bicyclic) bond motifs is 1. The van der Waals surface area contributed by atoms with Crippen LogP contribution in [-0.2, 0) is 6.61 Å². The quantitative estimate of drug-likeness (QED) is 0.780. The molecule has 1 aromatic carbocycles. The fourth-order valence-corrected chi connectivity index (χ4v) is 1.72. The van der Waals surface area contributed by atoms with E-state index in [1.54, 1.807) is 6.20 Å². The van der Waals surface area contributed by atoms with Crippen LogP contribution >= 0.6 is 15.9 Å². The zero-order valence-electron chi connectivity index (χ0n) is 6.21. The van der Waals surface area contributed by atoms with Crippen molar-refractivity contribution in [1.82, 2.24) is 10.2 Å². The van der Waals surface area contributed by atoms with Gasteiger partial charge in [-0.3, -0.25) is 5.10 Å². The molecule has 0 saturated carbocycles. The van der Waals surface area contributed by atoms with Crippen LogP contribution in [0.15, 0.2) is 22.8 Å². The Morgan fingerprint density at radius 3 is 3.08 bits per heavy atom. The standard InChI is InChI=1S/C8H7BrN2O/c9-8-5(4-12)1-2-7-6(8)3-10-11-7/h1-3,12H,4H2,(H,10,11). The van der Waals surface area contributed by atoms with E-state index in [1.165, 1.54) is 0 Å². The molecule has 2 N–H and O–H groups in total. The first-order valence-electron chi connectivity index (χ1n) is 3.54. The lowest BCUT2D eigenvalue weighted by molar-refractivity contribution is 0.281. The summed E-state index contributed by atoms with van der Waals surface area (Å²) in [6.45, 7) is 0.0434. The Bertz CT molecular complexity index is 410. The molecule has 0 unspecified atom stereocenters. The van der Waals surface area contributed by atoms with E-state index in [1.807, 2.05) is 12.1 Å². The molecule has 0 amide bonds. The van der Waals surface area contributed by atoms with E-state index in [4.69, 9.17) is 5.11 Å². The molecule has 1 aromatic heterocycles. The molecule has 12 heavy (non-hydrogen) atoms. The zero-order valence-corrected chi connectivity index (χ0v) is 7.80. The van der Waals surface area contributed by atoms with Crippen molar-refractivity contribution in [2.24, 2.45) is 0 Å². The third kappa shape index (κ3) is 1.04. The first-order chi connectivity index (χ1) is 5.83. The summed E-state index contributed by atoms with van der Waals surface area (Å²) in [5.74, 6) is 0. The fourth-order valence-electron chi connectivity index (χ4n) is 1.15. The summed E-state index contributed by atoms with van der Waals surface area (Å²) in [6.07, 6.45) is 1.73. The number of aliphatic hydroxyl groups excluding tert-OH is 1. The summed E-state index contributed by atoms with van der Waals surface area (Å²) in [6, 6.07) is 3.77. The number of rotatable bonds is 1. The molecule has 0 aliphatic rings. The number of aromatic amines is 1. The summed E-state index contributed by atoms with van der Waals surface area (Å²) in [4.78, 5) is 0. The van der Waals surface area contributed by atoms with Gasteiger partial charge in [0.1, 0.15) is 0 Å². The summed E-state index contributed by atoms with van der Waals surface area (Å²) in [7, 11) is 0. The van der Waals surface area contributed by atoms with Crippen LogP contribution in [0.4, 0.5) is 0 Å². The number of hydrogen-bond acceptors (Lipinski definition) is 2. The molecule has 0 aliphatic carbocycles. The van der Waals surface area contributed by atoms with Crippen LogP contribution in [0.3, 0.4) is 0 Å². The van der Waals surface area contributed by atoms with Gasteiger partial charge in [0.15, 0.2) is 0 Å². The number of aromatic nitrogens is 2. The fraction of sp³-hybridized carbons (Fsp3) is 0.125. The maximum Gasteiger partial charge on any atom is 0.0693 e. The molecule has 0 aliphatic heterocycles. The molecule has 4 heteroatoms. The lowest BCUT2D eigenvalue weighted by Crippen LogP contribution is -1.84. The number of halogens is 1. The maximum absolute atomic E-state index is 8.95. The lowest BCUT2D eigenvalue weighted by atomic mass is 10.2. The van der Waals surface area contributed by atoms with E-state index < -0.39 is 0 Å². The van der Waals surface area contributed by atoms with Crippen molar-refractivity contribution in [3.05, 3.63) is 28.4 Å². The Morgan fingerprint density at radius 2 is 2.33 bits per heavy atom. The minimum absolute atomic E-state index is 0.0434. The number of H-pyrrole nitrogens is 1. The molecular weight excluding hydrogens is 220 g/mol. The Hall–Kier alpha value is -0.870. The molecule has 3 nitrogen and oxygen atoms in total. The minimum Gasteiger partial charge on any atom is -0.392 e. The molecule has 2 rings (SSSR count). The smallest absolute Gasteiger partial charge is 0.0693 e. The van der Waals surface area contributed by atoms with E-state index in [9.17, 15) is 0 Å². The topological polar surface area (TPSA) is 48.9 Å². The van der Waals surface area contributed by atoms with Crippen molar-refractivity contribution in [2.75, 3.05) is 0 Å². The summed E-state index contributed by atoms with van der Waals surface area (Å²) < 4.78 is 0.913. The van der Waals surface area contributed by atoms with Crippen molar-refractivity contribution in [3.63, 3.8) is 0 Å². The molecule has 0 saturated heterocycles. The van der Waals surface area contributed by atoms with Gasteiger partial charge in [-0.25, -0.2) is 0 Å². The van der Waals surface area contributed by atoms with Gasteiger partial charge in [-0.05, 0) is 27.6 Å². The second kappa shape index (κ2) is 2.88. The molecule has 0 atom stereocenters. The molecule has 0 spiro atoms. The van der Waals surface area contributed by atoms with Gasteiger partial charge in [0.05, 0.1) is 18.3 Å². The van der Waals surface area contributed by atoms with Gasteiger partial charge in [-0.1, -0.05) is 6.07 Å². The second-order valence-electron chi connectivity index (χ2n) is 2.53. The van der Waals surface area contributed by atoms with Gasteiger partial charge >= 0.3 is 0 Å². The highest BCUT2D eigenvalue weighted by atomic mass is 79.9. The molecule has 0 fully saturated rings. The van der Waals surface area contributed by atoms with Crippen LogP contribution in [0.25, 0.3) is 10.9 Å². The molecule has 0 bridgehead atoms. The highest BCUT2D eigenvalue weighted by Crippen LogP contribution is 2.25. The summed E-state index contributed by atoms with van der Waals surface area (Å²) >= 11 is 3.40. The zero-order chi connectivity index (χ0) is 8.55. The normalized spacial score (nSPS) is 10.8. The highest BCUT2D eigenvalue weighted by Gasteiger charge is 2.04. The van der Waals surface area contributed by atoms with Gasteiger partial charge < -0.3 is 5.11 Å². The number of nitrogens with zero attached hydrogens (tertiary/aromatic N) is 1. The number of aliphatic hydroxyl groups is 1. The third-order valence-electron chi connectivity index (χ3n) is 1.81. The van der Waals surface area contributed by atoms with Crippen molar-refractivity contribution in [1.29, 1.82) is 0 Å². The van der Waals surface area contributed by atoms with Gasteiger partial charge in [0.25, 0.3) is 0 Å². The van der Waals surface area contributed by atoms with Gasteiger partial charge in [0.2, 0.25) is 0 Å². The van der Waals surface area contributed by atoms with Crippen LogP contribution in [-0.4, -0.2) is 15.3 Å². The summed E-state index contributed by atoms with van der Waals surface area (Å²) in [5.41, 5.74) is 1.85. The van der Waals surface area contributed by atoms with E-state index in [2.05, 4.69) is 26.1 Å². The third-order valence-corrected chi connectivity index (χ3v) is 2.75. The van der Waals surface area contributed by atoms with Crippen molar-refractivity contribution >= 4 is 26.8 Å². The van der Waals surface area contributed by atoms with E-state index in [-0.39, 0.29) is 6.61 Å². The monoisotopic (exact) mass is 226 g/mol. The van der Waals surface area contributed by atoms with Crippen LogP contribution < -0.4 is 0 Å². The van der Waals surface area contributed by atoms with Crippen LogP contribution in [0.5, 0.6) is 0 Å². The van der Waals surface area contributed by atoms with Crippen LogP contribution in [0.2, 0.25) is 0 Å². The highest BCUT2D eigenvalue weighted by molar-refractivity contribution is 9.10. The van der Waals surface area contributed by atoms with Crippen molar-refractivity contribution < 1.29 is 5.11 Å². The van der Waals surface area contributed by atoms with Crippen molar-refractivity contribution in [3.8, 4) is 0 Å². The Kier molecular flexibility index (Phi) is 1.86. The Morgan fingerprint density at radius 1 is 1.50 bits per heavy atom. The second-order valence-corrected chi connectivity index (χ2v) is 3.32. The maximum atomic E-state index is 8.95. The number of nitrogens with one attached hydrogen (secondary N) is 1. The Balaban J connectivity index is 2.78. The van der Waals surface area contributed by atoms with E-state index in [0.29, 0.717) is 0 Å².